The van der Waals surface area contributed by atoms with Gasteiger partial charge in [-0.2, -0.15) is 0 Å². The second kappa shape index (κ2) is 7.33. The first-order valence-electron chi connectivity index (χ1n) is 8.67. The molecule has 1 aliphatic heterocycles. The third kappa shape index (κ3) is 3.27. The van der Waals surface area contributed by atoms with E-state index in [4.69, 9.17) is 11.6 Å². The van der Waals surface area contributed by atoms with Gasteiger partial charge < -0.3 is 20.3 Å². The lowest BCUT2D eigenvalue weighted by atomic mass is 10.1. The predicted molar refractivity (Wildman–Crippen MR) is 97.6 cm³/mol. The number of hydrogen-bond acceptors (Lipinski definition) is 5. The molecule has 10 heteroatoms. The number of benzene rings is 1. The number of amides is 1. The number of carbonyl (C=O) groups is 1. The molecule has 1 aromatic carbocycles. The molecule has 0 radical (unpaired) electrons. The summed E-state index contributed by atoms with van der Waals surface area (Å²) < 4.78 is 30.4. The fraction of sp³-hybridized carbons (Fsp3) is 0.278. The molecule has 0 bridgehead atoms. The molecule has 0 saturated carbocycles. The van der Waals surface area contributed by atoms with Gasteiger partial charge in [0, 0.05) is 18.1 Å². The number of nitrogens with zero attached hydrogens (tertiary/aromatic N) is 3. The molecule has 2 heterocycles. The Morgan fingerprint density at radius 1 is 1.32 bits per heavy atom. The van der Waals surface area contributed by atoms with Crippen molar-refractivity contribution in [1.82, 2.24) is 25.4 Å². The van der Waals surface area contributed by atoms with Gasteiger partial charge >= 0.3 is 0 Å². The summed E-state index contributed by atoms with van der Waals surface area (Å²) in [5, 5.41) is 23.9. The number of fused-ring (bicyclic) bond motifs is 1. The largest absolute Gasteiger partial charge is 0.507 e. The van der Waals surface area contributed by atoms with Crippen molar-refractivity contribution in [2.45, 2.75) is 25.9 Å². The van der Waals surface area contributed by atoms with Crippen molar-refractivity contribution in [1.29, 1.82) is 0 Å². The van der Waals surface area contributed by atoms with Crippen LogP contribution in [-0.2, 0) is 13.1 Å². The lowest BCUT2D eigenvalue weighted by Crippen LogP contribution is -2.28. The molecule has 2 aromatic rings. The van der Waals surface area contributed by atoms with Gasteiger partial charge in [-0.25, -0.2) is 8.78 Å². The molecule has 0 spiro atoms. The van der Waals surface area contributed by atoms with Crippen LogP contribution in [0.15, 0.2) is 34.8 Å². The van der Waals surface area contributed by atoms with E-state index in [-0.39, 0.29) is 27.7 Å². The van der Waals surface area contributed by atoms with Crippen LogP contribution in [0.3, 0.4) is 0 Å². The molecule has 3 N–H and O–H groups in total. The zero-order valence-electron chi connectivity index (χ0n) is 14.6. The minimum atomic E-state index is -0.867. The Morgan fingerprint density at radius 3 is 2.93 bits per heavy atom. The van der Waals surface area contributed by atoms with E-state index in [9.17, 15) is 18.7 Å². The molecular formula is C18H16ClF2N5O2. The molecule has 0 saturated heterocycles. The number of aromatic nitrogens is 3. The fourth-order valence-corrected chi connectivity index (χ4v) is 3.44. The van der Waals surface area contributed by atoms with Crippen LogP contribution >= 0.6 is 11.6 Å². The van der Waals surface area contributed by atoms with Gasteiger partial charge in [0.05, 0.1) is 23.4 Å². The highest BCUT2D eigenvalue weighted by atomic mass is 35.5. The van der Waals surface area contributed by atoms with Gasteiger partial charge in [-0.3, -0.25) is 4.79 Å². The minimum absolute atomic E-state index is 0.0238. The Labute approximate surface area is 163 Å². The molecule has 0 unspecified atom stereocenters. The van der Waals surface area contributed by atoms with Gasteiger partial charge in [0.25, 0.3) is 5.91 Å². The SMILES string of the molecule is O=C(NC1=C(Cl)CCC=C1F)c1cc(F)c(-c2nnc3n2CCNC3)cc1O. The van der Waals surface area contributed by atoms with E-state index in [1.54, 1.807) is 4.57 Å². The van der Waals surface area contributed by atoms with E-state index >= 15 is 0 Å². The quantitative estimate of drug-likeness (QED) is 0.727. The number of nitrogens with one attached hydrogen (secondary N) is 2. The molecule has 2 aliphatic rings. The van der Waals surface area contributed by atoms with Crippen molar-refractivity contribution in [3.8, 4) is 17.1 Å². The van der Waals surface area contributed by atoms with E-state index in [0.717, 1.165) is 12.1 Å². The summed E-state index contributed by atoms with van der Waals surface area (Å²) >= 11 is 5.96. The summed E-state index contributed by atoms with van der Waals surface area (Å²) in [6, 6.07) is 2.01. The zero-order chi connectivity index (χ0) is 19.8. The summed E-state index contributed by atoms with van der Waals surface area (Å²) in [6.45, 7) is 1.75. The molecule has 1 amide bonds. The van der Waals surface area contributed by atoms with E-state index in [2.05, 4.69) is 20.8 Å². The second-order valence-electron chi connectivity index (χ2n) is 6.44. The highest BCUT2D eigenvalue weighted by Crippen LogP contribution is 2.31. The van der Waals surface area contributed by atoms with E-state index in [1.807, 2.05) is 0 Å². The summed E-state index contributed by atoms with van der Waals surface area (Å²) in [5.41, 5.74) is -0.479. The maximum atomic E-state index is 14.7. The zero-order valence-corrected chi connectivity index (χ0v) is 15.4. The number of phenolic OH excluding ortho intramolecular Hbond substituents is 1. The molecule has 7 nitrogen and oxygen atoms in total. The normalized spacial score (nSPS) is 16.6. The molecule has 146 valence electrons. The Bertz CT molecular complexity index is 1030. The van der Waals surface area contributed by atoms with Gasteiger partial charge in [-0.05, 0) is 31.1 Å². The number of halogens is 3. The van der Waals surface area contributed by atoms with E-state index in [0.29, 0.717) is 38.3 Å². The Morgan fingerprint density at radius 2 is 2.14 bits per heavy atom. The van der Waals surface area contributed by atoms with E-state index < -0.39 is 23.3 Å². The number of allylic oxidation sites excluding steroid dienone is 3. The van der Waals surface area contributed by atoms with Crippen LogP contribution in [0, 0.1) is 5.82 Å². The average molecular weight is 408 g/mol. The van der Waals surface area contributed by atoms with Crippen LogP contribution in [-0.4, -0.2) is 32.3 Å². The van der Waals surface area contributed by atoms with Crippen molar-refractivity contribution < 1.29 is 18.7 Å². The fourth-order valence-electron chi connectivity index (χ4n) is 3.20. The number of hydrogen-bond donors (Lipinski definition) is 3. The Balaban J connectivity index is 1.66. The summed E-state index contributed by atoms with van der Waals surface area (Å²) in [7, 11) is 0. The lowest BCUT2D eigenvalue weighted by molar-refractivity contribution is 0.0961. The molecular weight excluding hydrogens is 392 g/mol. The molecule has 0 atom stereocenters. The highest BCUT2D eigenvalue weighted by molar-refractivity contribution is 6.30. The number of carbonyl (C=O) groups excluding carboxylic acids is 1. The molecule has 4 rings (SSSR count). The van der Waals surface area contributed by atoms with Crippen molar-refractivity contribution in [2.24, 2.45) is 0 Å². The van der Waals surface area contributed by atoms with Crippen LogP contribution in [0.5, 0.6) is 5.75 Å². The van der Waals surface area contributed by atoms with Crippen LogP contribution in [0.2, 0.25) is 0 Å². The van der Waals surface area contributed by atoms with Crippen LogP contribution in [0.25, 0.3) is 11.4 Å². The van der Waals surface area contributed by atoms with Gasteiger partial charge in [0.15, 0.2) is 5.82 Å². The van der Waals surface area contributed by atoms with Crippen molar-refractivity contribution in [2.75, 3.05) is 6.54 Å². The standard InChI is InChI=1S/C18H16ClF2N5O2/c19-11-2-1-3-12(20)16(11)23-18(28)10-6-13(21)9(7-14(10)27)17-25-24-15-8-22-4-5-26(15)17/h3,6-7,22,27H,1-2,4-5,8H2,(H,23,28). The van der Waals surface area contributed by atoms with Gasteiger partial charge in [-0.1, -0.05) is 11.6 Å². The van der Waals surface area contributed by atoms with Crippen LogP contribution < -0.4 is 10.6 Å². The molecule has 1 aromatic heterocycles. The third-order valence-electron chi connectivity index (χ3n) is 4.63. The summed E-state index contributed by atoms with van der Waals surface area (Å²) in [5.74, 6) is -1.82. The van der Waals surface area contributed by atoms with E-state index in [1.165, 1.54) is 6.08 Å². The monoisotopic (exact) mass is 407 g/mol. The van der Waals surface area contributed by atoms with Gasteiger partial charge in [0.1, 0.15) is 23.2 Å². The summed E-state index contributed by atoms with van der Waals surface area (Å²) in [4.78, 5) is 12.4. The lowest BCUT2D eigenvalue weighted by Gasteiger charge is -2.17. The van der Waals surface area contributed by atoms with Crippen LogP contribution in [0.4, 0.5) is 8.78 Å². The highest BCUT2D eigenvalue weighted by Gasteiger charge is 2.24. The van der Waals surface area contributed by atoms with Crippen molar-refractivity contribution >= 4 is 17.5 Å². The first kappa shape index (κ1) is 18.6. The van der Waals surface area contributed by atoms with Crippen LogP contribution in [0.1, 0.15) is 29.0 Å². The van der Waals surface area contributed by atoms with Gasteiger partial charge in [0.2, 0.25) is 0 Å². The maximum absolute atomic E-state index is 14.7. The van der Waals surface area contributed by atoms with Crippen molar-refractivity contribution in [3.05, 3.63) is 52.0 Å². The minimum Gasteiger partial charge on any atom is -0.507 e. The number of phenols is 1. The smallest absolute Gasteiger partial charge is 0.259 e. The first-order valence-corrected chi connectivity index (χ1v) is 9.05. The van der Waals surface area contributed by atoms with Crippen molar-refractivity contribution in [3.63, 3.8) is 0 Å². The van der Waals surface area contributed by atoms with Gasteiger partial charge in [-0.15, -0.1) is 10.2 Å². The molecule has 28 heavy (non-hydrogen) atoms. The Hall–Kier alpha value is -2.78. The molecule has 0 fully saturated rings. The number of rotatable bonds is 3. The predicted octanol–water partition coefficient (Wildman–Crippen LogP) is 2.72. The number of aromatic hydroxyl groups is 1. The maximum Gasteiger partial charge on any atom is 0.259 e. The third-order valence-corrected chi connectivity index (χ3v) is 5.01. The average Bonchev–Trinajstić information content (AvgIpc) is 3.10. The second-order valence-corrected chi connectivity index (χ2v) is 6.90. The molecule has 1 aliphatic carbocycles. The Kier molecular flexibility index (Phi) is 4.86. The first-order chi connectivity index (χ1) is 13.5. The summed E-state index contributed by atoms with van der Waals surface area (Å²) in [6.07, 6.45) is 2.11. The topological polar surface area (TPSA) is 92.1 Å².